The SMILES string of the molecule is CCCCCCN=Cc1ccc(C[N+](C)(C)C)cc1. The molecule has 2 nitrogen and oxygen atoms in total. The number of hydrogen-bond donors (Lipinski definition) is 0. The Kier molecular flexibility index (Phi) is 6.79. The highest BCUT2D eigenvalue weighted by molar-refractivity contribution is 5.79. The first kappa shape index (κ1) is 15.9. The molecule has 0 aliphatic heterocycles. The first-order chi connectivity index (χ1) is 9.01. The van der Waals surface area contributed by atoms with Crippen LogP contribution < -0.4 is 0 Å². The number of unbranched alkanes of at least 4 members (excludes halogenated alkanes) is 3. The summed E-state index contributed by atoms with van der Waals surface area (Å²) in [6.45, 7) is 4.26. The Labute approximate surface area is 118 Å². The second-order valence-electron chi connectivity index (χ2n) is 6.29. The largest absolute Gasteiger partial charge is 0.327 e. The van der Waals surface area contributed by atoms with Crippen LogP contribution in [-0.4, -0.2) is 38.4 Å². The van der Waals surface area contributed by atoms with Crippen LogP contribution in [0.4, 0.5) is 0 Å². The first-order valence-corrected chi connectivity index (χ1v) is 7.40. The molecule has 1 aromatic rings. The van der Waals surface area contributed by atoms with Gasteiger partial charge in [-0.3, -0.25) is 4.99 Å². The third-order valence-corrected chi connectivity index (χ3v) is 3.02. The van der Waals surface area contributed by atoms with E-state index in [1.165, 1.54) is 36.8 Å². The molecule has 0 aromatic heterocycles. The van der Waals surface area contributed by atoms with E-state index in [1.54, 1.807) is 0 Å². The van der Waals surface area contributed by atoms with Crippen LogP contribution in [0.15, 0.2) is 29.3 Å². The molecule has 0 aliphatic carbocycles. The Bertz CT molecular complexity index is 371. The third kappa shape index (κ3) is 7.78. The van der Waals surface area contributed by atoms with E-state index in [-0.39, 0.29) is 0 Å². The minimum Gasteiger partial charge on any atom is -0.327 e. The molecule has 0 radical (unpaired) electrons. The molecular weight excluding hydrogens is 232 g/mol. The molecule has 1 rings (SSSR count). The van der Waals surface area contributed by atoms with Gasteiger partial charge in [0.25, 0.3) is 0 Å². The van der Waals surface area contributed by atoms with Gasteiger partial charge in [0.2, 0.25) is 0 Å². The van der Waals surface area contributed by atoms with Crippen LogP contribution in [0.5, 0.6) is 0 Å². The lowest BCUT2D eigenvalue weighted by molar-refractivity contribution is -0.884. The van der Waals surface area contributed by atoms with Crippen molar-refractivity contribution in [2.75, 3.05) is 27.7 Å². The average molecular weight is 261 g/mol. The highest BCUT2D eigenvalue weighted by Crippen LogP contribution is 2.08. The molecule has 2 heteroatoms. The highest BCUT2D eigenvalue weighted by Gasteiger charge is 2.07. The predicted octanol–water partition coefficient (Wildman–Crippen LogP) is 3.89. The summed E-state index contributed by atoms with van der Waals surface area (Å²) in [5, 5.41) is 0. The zero-order valence-corrected chi connectivity index (χ0v) is 13.0. The molecule has 0 N–H and O–H groups in total. The van der Waals surface area contributed by atoms with E-state index in [4.69, 9.17) is 0 Å². The van der Waals surface area contributed by atoms with Crippen LogP contribution >= 0.6 is 0 Å². The molecule has 0 amide bonds. The fourth-order valence-electron chi connectivity index (χ4n) is 2.06. The molecule has 1 aromatic carbocycles. The predicted molar refractivity (Wildman–Crippen MR) is 84.8 cm³/mol. The topological polar surface area (TPSA) is 12.4 Å². The van der Waals surface area contributed by atoms with E-state index >= 15 is 0 Å². The van der Waals surface area contributed by atoms with Gasteiger partial charge in [0.05, 0.1) is 21.1 Å². The molecule has 0 fully saturated rings. The van der Waals surface area contributed by atoms with Crippen LogP contribution in [0.1, 0.15) is 43.7 Å². The first-order valence-electron chi connectivity index (χ1n) is 7.40. The monoisotopic (exact) mass is 261 g/mol. The summed E-state index contributed by atoms with van der Waals surface area (Å²) >= 11 is 0. The van der Waals surface area contributed by atoms with Crippen LogP contribution in [0.2, 0.25) is 0 Å². The van der Waals surface area contributed by atoms with Gasteiger partial charge in [0, 0.05) is 18.3 Å². The van der Waals surface area contributed by atoms with E-state index in [9.17, 15) is 0 Å². The average Bonchev–Trinajstić information content (AvgIpc) is 2.34. The number of benzene rings is 1. The van der Waals surface area contributed by atoms with Crippen LogP contribution in [0.3, 0.4) is 0 Å². The van der Waals surface area contributed by atoms with Gasteiger partial charge in [-0.2, -0.15) is 0 Å². The zero-order chi connectivity index (χ0) is 14.1. The maximum Gasteiger partial charge on any atom is 0.104 e. The normalized spacial score (nSPS) is 12.2. The van der Waals surface area contributed by atoms with Crippen LogP contribution in [-0.2, 0) is 6.54 Å². The van der Waals surface area contributed by atoms with E-state index < -0.39 is 0 Å². The van der Waals surface area contributed by atoms with Gasteiger partial charge in [0.15, 0.2) is 0 Å². The Morgan fingerprint density at radius 2 is 1.68 bits per heavy atom. The summed E-state index contributed by atoms with van der Waals surface area (Å²) in [6.07, 6.45) is 7.13. The second kappa shape index (κ2) is 8.11. The lowest BCUT2D eigenvalue weighted by atomic mass is 10.1. The number of quaternary nitrogens is 1. The lowest BCUT2D eigenvalue weighted by Crippen LogP contribution is -2.33. The van der Waals surface area contributed by atoms with Gasteiger partial charge in [-0.25, -0.2) is 0 Å². The van der Waals surface area contributed by atoms with E-state index in [0.717, 1.165) is 17.6 Å². The molecule has 0 saturated heterocycles. The zero-order valence-electron chi connectivity index (χ0n) is 13.0. The van der Waals surface area contributed by atoms with Gasteiger partial charge < -0.3 is 4.48 Å². The Morgan fingerprint density at radius 1 is 1.00 bits per heavy atom. The summed E-state index contributed by atoms with van der Waals surface area (Å²) in [5.74, 6) is 0. The summed E-state index contributed by atoms with van der Waals surface area (Å²) < 4.78 is 0.963. The molecule has 0 spiro atoms. The van der Waals surface area contributed by atoms with Crippen molar-refractivity contribution in [1.82, 2.24) is 0 Å². The van der Waals surface area contributed by atoms with Crippen molar-refractivity contribution >= 4 is 6.21 Å². The lowest BCUT2D eigenvalue weighted by Gasteiger charge is -2.23. The van der Waals surface area contributed by atoms with Gasteiger partial charge in [-0.1, -0.05) is 50.5 Å². The van der Waals surface area contributed by atoms with E-state index in [1.807, 2.05) is 6.21 Å². The quantitative estimate of drug-likeness (QED) is 0.382. The minimum absolute atomic E-state index is 0.959. The van der Waals surface area contributed by atoms with Crippen molar-refractivity contribution in [3.8, 4) is 0 Å². The van der Waals surface area contributed by atoms with Crippen LogP contribution in [0, 0.1) is 0 Å². The Balaban J connectivity index is 2.37. The van der Waals surface area contributed by atoms with Gasteiger partial charge in [-0.15, -0.1) is 0 Å². The van der Waals surface area contributed by atoms with Gasteiger partial charge in [0.1, 0.15) is 6.54 Å². The van der Waals surface area contributed by atoms with Crippen LogP contribution in [0.25, 0.3) is 0 Å². The van der Waals surface area contributed by atoms with Crippen molar-refractivity contribution in [3.63, 3.8) is 0 Å². The van der Waals surface area contributed by atoms with Crippen molar-refractivity contribution in [1.29, 1.82) is 0 Å². The summed E-state index contributed by atoms with van der Waals surface area (Å²) in [5.41, 5.74) is 2.59. The Morgan fingerprint density at radius 3 is 2.26 bits per heavy atom. The van der Waals surface area contributed by atoms with Gasteiger partial charge in [-0.05, 0) is 12.0 Å². The van der Waals surface area contributed by atoms with Crippen molar-refractivity contribution in [2.45, 2.75) is 39.2 Å². The molecular formula is C17H29N2+. The molecule has 0 aliphatic rings. The maximum absolute atomic E-state index is 4.49. The fraction of sp³-hybridized carbons (Fsp3) is 0.588. The molecule has 106 valence electrons. The molecule has 19 heavy (non-hydrogen) atoms. The molecule has 0 atom stereocenters. The van der Waals surface area contributed by atoms with Gasteiger partial charge >= 0.3 is 0 Å². The third-order valence-electron chi connectivity index (χ3n) is 3.02. The number of hydrogen-bond acceptors (Lipinski definition) is 1. The minimum atomic E-state index is 0.959. The number of nitrogens with zero attached hydrogens (tertiary/aromatic N) is 2. The summed E-state index contributed by atoms with van der Waals surface area (Å²) in [7, 11) is 6.64. The van der Waals surface area contributed by atoms with Crippen molar-refractivity contribution in [2.24, 2.45) is 4.99 Å². The van der Waals surface area contributed by atoms with Crippen molar-refractivity contribution < 1.29 is 4.48 Å². The summed E-state index contributed by atoms with van der Waals surface area (Å²) in [6, 6.07) is 8.75. The fourth-order valence-corrected chi connectivity index (χ4v) is 2.06. The molecule has 0 saturated carbocycles. The smallest absolute Gasteiger partial charge is 0.104 e. The second-order valence-corrected chi connectivity index (χ2v) is 6.29. The molecule has 0 unspecified atom stereocenters. The van der Waals surface area contributed by atoms with E-state index in [2.05, 4.69) is 57.3 Å². The standard InChI is InChI=1S/C17H29N2/c1-5-6-7-8-13-18-14-16-9-11-17(12-10-16)15-19(2,3)4/h9-12,14H,5-8,13,15H2,1-4H3/q+1. The van der Waals surface area contributed by atoms with Crippen molar-refractivity contribution in [3.05, 3.63) is 35.4 Å². The summed E-state index contributed by atoms with van der Waals surface area (Å²) in [4.78, 5) is 4.49. The Hall–Kier alpha value is -1.15. The number of aliphatic imine (C=N–C) groups is 1. The number of rotatable bonds is 8. The highest BCUT2D eigenvalue weighted by atomic mass is 15.3. The molecule has 0 bridgehead atoms. The van der Waals surface area contributed by atoms with E-state index in [0.29, 0.717) is 0 Å². The molecule has 0 heterocycles. The maximum atomic E-state index is 4.49.